The molecule has 2 aliphatic rings. The molecule has 2 fully saturated rings. The van der Waals surface area contributed by atoms with Gasteiger partial charge in [0, 0.05) is 26.1 Å². The van der Waals surface area contributed by atoms with Gasteiger partial charge in [-0.25, -0.2) is 0 Å². The first kappa shape index (κ1) is 15.6. The Morgan fingerprint density at radius 3 is 2.68 bits per heavy atom. The highest BCUT2D eigenvalue weighted by molar-refractivity contribution is 5.91. The molecular weight excluding hydrogens is 280 g/mol. The number of furan rings is 1. The fourth-order valence-electron chi connectivity index (χ4n) is 3.37. The van der Waals surface area contributed by atoms with Crippen molar-refractivity contribution in [2.75, 3.05) is 33.7 Å². The summed E-state index contributed by atoms with van der Waals surface area (Å²) >= 11 is 0. The van der Waals surface area contributed by atoms with E-state index in [2.05, 4.69) is 19.0 Å². The maximum atomic E-state index is 12.3. The lowest BCUT2D eigenvalue weighted by Crippen LogP contribution is -2.27. The molecule has 22 heavy (non-hydrogen) atoms. The highest BCUT2D eigenvalue weighted by Crippen LogP contribution is 2.24. The smallest absolute Gasteiger partial charge is 0.289 e. The molecule has 0 radical (unpaired) electrons. The Labute approximate surface area is 132 Å². The Kier molecular flexibility index (Phi) is 4.84. The molecule has 1 amide bonds. The van der Waals surface area contributed by atoms with E-state index in [4.69, 9.17) is 9.15 Å². The van der Waals surface area contributed by atoms with Crippen LogP contribution in [-0.4, -0.2) is 61.6 Å². The monoisotopic (exact) mass is 306 g/mol. The number of carbonyl (C=O) groups is 1. The van der Waals surface area contributed by atoms with Crippen molar-refractivity contribution in [3.8, 4) is 0 Å². The molecule has 5 heteroatoms. The highest BCUT2D eigenvalue weighted by atomic mass is 16.5. The van der Waals surface area contributed by atoms with Crippen molar-refractivity contribution in [1.29, 1.82) is 0 Å². The number of nitrogens with zero attached hydrogens (tertiary/aromatic N) is 2. The molecule has 122 valence electrons. The second-order valence-corrected chi connectivity index (χ2v) is 6.69. The van der Waals surface area contributed by atoms with Crippen molar-refractivity contribution in [2.24, 2.45) is 0 Å². The number of amides is 1. The standard InChI is InChI=1S/C17H26N2O3/c1-18(2)12-15-6-5-13(21-15)11-14-7-8-16(22-14)17(20)19-9-3-4-10-19/h7-8,13,15H,3-6,9-12H2,1-2H3/t13-,15+/m0/s1. The van der Waals surface area contributed by atoms with Gasteiger partial charge in [0.1, 0.15) is 5.76 Å². The van der Waals surface area contributed by atoms with Crippen molar-refractivity contribution in [2.45, 2.75) is 44.3 Å². The Bertz CT molecular complexity index is 506. The van der Waals surface area contributed by atoms with Crippen LogP contribution in [0.4, 0.5) is 0 Å². The van der Waals surface area contributed by atoms with Crippen LogP contribution in [0.2, 0.25) is 0 Å². The Morgan fingerprint density at radius 1 is 1.23 bits per heavy atom. The van der Waals surface area contributed by atoms with Gasteiger partial charge in [-0.15, -0.1) is 0 Å². The summed E-state index contributed by atoms with van der Waals surface area (Å²) in [5, 5.41) is 0. The van der Waals surface area contributed by atoms with Crippen molar-refractivity contribution < 1.29 is 13.9 Å². The van der Waals surface area contributed by atoms with Crippen LogP contribution in [0.25, 0.3) is 0 Å². The molecule has 0 unspecified atom stereocenters. The molecule has 2 atom stereocenters. The molecule has 2 saturated heterocycles. The molecule has 3 heterocycles. The van der Waals surface area contributed by atoms with Crippen LogP contribution in [0.1, 0.15) is 42.0 Å². The lowest BCUT2D eigenvalue weighted by atomic mass is 10.1. The van der Waals surface area contributed by atoms with Crippen LogP contribution in [0.5, 0.6) is 0 Å². The van der Waals surface area contributed by atoms with E-state index in [0.717, 1.165) is 57.5 Å². The summed E-state index contributed by atoms with van der Waals surface area (Å²) in [5.41, 5.74) is 0. The molecular formula is C17H26N2O3. The van der Waals surface area contributed by atoms with E-state index in [0.29, 0.717) is 11.9 Å². The summed E-state index contributed by atoms with van der Waals surface area (Å²) in [5.74, 6) is 1.36. The molecule has 5 nitrogen and oxygen atoms in total. The van der Waals surface area contributed by atoms with Gasteiger partial charge >= 0.3 is 0 Å². The number of rotatable bonds is 5. The predicted octanol–water partition coefficient (Wildman–Crippen LogP) is 2.17. The third kappa shape index (κ3) is 3.70. The van der Waals surface area contributed by atoms with Crippen LogP contribution >= 0.6 is 0 Å². The van der Waals surface area contributed by atoms with Gasteiger partial charge in [0.05, 0.1) is 12.2 Å². The minimum atomic E-state index is 0.0292. The van der Waals surface area contributed by atoms with E-state index < -0.39 is 0 Å². The van der Waals surface area contributed by atoms with E-state index in [1.807, 2.05) is 17.0 Å². The predicted molar refractivity (Wildman–Crippen MR) is 84.0 cm³/mol. The van der Waals surface area contributed by atoms with Gasteiger partial charge in [0.15, 0.2) is 5.76 Å². The highest BCUT2D eigenvalue weighted by Gasteiger charge is 2.27. The van der Waals surface area contributed by atoms with Gasteiger partial charge in [-0.2, -0.15) is 0 Å². The number of carbonyl (C=O) groups excluding carboxylic acids is 1. The molecule has 2 aliphatic heterocycles. The van der Waals surface area contributed by atoms with Crippen molar-refractivity contribution >= 4 is 5.91 Å². The topological polar surface area (TPSA) is 45.9 Å². The summed E-state index contributed by atoms with van der Waals surface area (Å²) < 4.78 is 11.8. The first-order chi connectivity index (χ1) is 10.6. The minimum Gasteiger partial charge on any atom is -0.456 e. The van der Waals surface area contributed by atoms with Gasteiger partial charge in [-0.05, 0) is 51.9 Å². The SMILES string of the molecule is CN(C)C[C@H]1CC[C@@H](Cc2ccc(C(=O)N3CCCC3)o2)O1. The van der Waals surface area contributed by atoms with Crippen LogP contribution in [0.3, 0.4) is 0 Å². The molecule has 0 N–H and O–H groups in total. The first-order valence-corrected chi connectivity index (χ1v) is 8.30. The summed E-state index contributed by atoms with van der Waals surface area (Å²) in [6.07, 6.45) is 5.66. The number of ether oxygens (including phenoxy) is 1. The molecule has 3 rings (SSSR count). The number of likely N-dealkylation sites (N-methyl/N-ethyl adjacent to an activating group) is 1. The number of hydrogen-bond acceptors (Lipinski definition) is 4. The number of hydrogen-bond donors (Lipinski definition) is 0. The van der Waals surface area contributed by atoms with Crippen molar-refractivity contribution in [3.63, 3.8) is 0 Å². The molecule has 0 aromatic carbocycles. The number of likely N-dealkylation sites (tertiary alicyclic amines) is 1. The van der Waals surface area contributed by atoms with Crippen LogP contribution in [0.15, 0.2) is 16.5 Å². The van der Waals surface area contributed by atoms with Crippen LogP contribution < -0.4 is 0 Å². The molecule has 1 aromatic heterocycles. The Morgan fingerprint density at radius 2 is 1.95 bits per heavy atom. The summed E-state index contributed by atoms with van der Waals surface area (Å²) in [6.45, 7) is 2.67. The molecule has 0 saturated carbocycles. The lowest BCUT2D eigenvalue weighted by Gasteiger charge is -2.17. The maximum absolute atomic E-state index is 12.3. The van der Waals surface area contributed by atoms with Crippen molar-refractivity contribution in [3.05, 3.63) is 23.7 Å². The summed E-state index contributed by atoms with van der Waals surface area (Å²) in [4.78, 5) is 16.3. The molecule has 0 bridgehead atoms. The maximum Gasteiger partial charge on any atom is 0.289 e. The normalized spacial score (nSPS) is 25.3. The van der Waals surface area contributed by atoms with E-state index in [1.165, 1.54) is 0 Å². The van der Waals surface area contributed by atoms with E-state index in [1.54, 1.807) is 0 Å². The zero-order valence-corrected chi connectivity index (χ0v) is 13.6. The van der Waals surface area contributed by atoms with E-state index in [9.17, 15) is 4.79 Å². The molecule has 0 spiro atoms. The lowest BCUT2D eigenvalue weighted by molar-refractivity contribution is 0.0291. The van der Waals surface area contributed by atoms with Crippen LogP contribution in [0, 0.1) is 0 Å². The fraction of sp³-hybridized carbons (Fsp3) is 0.706. The van der Waals surface area contributed by atoms with Gasteiger partial charge in [-0.1, -0.05) is 0 Å². The third-order valence-electron chi connectivity index (χ3n) is 4.46. The molecule has 0 aliphatic carbocycles. The van der Waals surface area contributed by atoms with Crippen LogP contribution in [-0.2, 0) is 11.2 Å². The average Bonchev–Trinajstić information content (AvgIpc) is 3.19. The summed E-state index contributed by atoms with van der Waals surface area (Å²) in [6, 6.07) is 3.73. The Hall–Kier alpha value is -1.33. The Balaban J connectivity index is 1.53. The van der Waals surface area contributed by atoms with Gasteiger partial charge in [-0.3, -0.25) is 4.79 Å². The zero-order chi connectivity index (χ0) is 15.5. The second-order valence-electron chi connectivity index (χ2n) is 6.69. The van der Waals surface area contributed by atoms with Gasteiger partial charge in [0.25, 0.3) is 5.91 Å². The van der Waals surface area contributed by atoms with E-state index in [-0.39, 0.29) is 12.0 Å². The molecule has 1 aromatic rings. The zero-order valence-electron chi connectivity index (χ0n) is 13.6. The summed E-state index contributed by atoms with van der Waals surface area (Å²) in [7, 11) is 4.14. The third-order valence-corrected chi connectivity index (χ3v) is 4.46. The van der Waals surface area contributed by atoms with E-state index >= 15 is 0 Å². The van der Waals surface area contributed by atoms with Crippen molar-refractivity contribution in [1.82, 2.24) is 9.80 Å². The largest absolute Gasteiger partial charge is 0.456 e. The quantitative estimate of drug-likeness (QED) is 0.836. The second kappa shape index (κ2) is 6.84. The van der Waals surface area contributed by atoms with Gasteiger partial charge < -0.3 is 19.0 Å². The minimum absolute atomic E-state index is 0.0292. The fourth-order valence-corrected chi connectivity index (χ4v) is 3.37. The van der Waals surface area contributed by atoms with Gasteiger partial charge in [0.2, 0.25) is 0 Å². The average molecular weight is 306 g/mol. The first-order valence-electron chi connectivity index (χ1n) is 8.30.